The third-order valence-electron chi connectivity index (χ3n) is 2.92. The number of aromatic nitrogens is 1. The lowest BCUT2D eigenvalue weighted by molar-refractivity contribution is 0.0943. The Bertz CT molecular complexity index is 617. The van der Waals surface area contributed by atoms with Gasteiger partial charge in [0.25, 0.3) is 5.91 Å². The first-order chi connectivity index (χ1) is 10.7. The molecule has 22 heavy (non-hydrogen) atoms. The number of amides is 1. The lowest BCUT2D eigenvalue weighted by Crippen LogP contribution is -2.28. The Hall–Kier alpha value is -2.21. The molecule has 0 aliphatic heterocycles. The molecule has 0 fully saturated rings. The van der Waals surface area contributed by atoms with Crippen LogP contribution in [0.2, 0.25) is 0 Å². The number of carbonyl (C=O) groups excluding carboxylic acids is 1. The van der Waals surface area contributed by atoms with E-state index < -0.39 is 0 Å². The van der Waals surface area contributed by atoms with Crippen molar-refractivity contribution in [3.8, 4) is 11.5 Å². The highest BCUT2D eigenvalue weighted by atomic mass is 32.2. The van der Waals surface area contributed by atoms with E-state index in [-0.39, 0.29) is 5.91 Å². The summed E-state index contributed by atoms with van der Waals surface area (Å²) in [7, 11) is 1.62. The molecule has 0 unspecified atom stereocenters. The standard InChI is InChI=1S/C16H18N2O3S/c1-20-12-5-7-13(8-6-12)21-11-10-17-15(19)14-4-3-9-18-16(14)22-2/h3-9H,10-11H2,1-2H3,(H,17,19). The van der Waals surface area contributed by atoms with Crippen LogP contribution in [-0.2, 0) is 0 Å². The van der Waals surface area contributed by atoms with Gasteiger partial charge in [-0.2, -0.15) is 0 Å². The summed E-state index contributed by atoms with van der Waals surface area (Å²) in [5.74, 6) is 1.37. The summed E-state index contributed by atoms with van der Waals surface area (Å²) >= 11 is 1.45. The molecule has 0 atom stereocenters. The summed E-state index contributed by atoms with van der Waals surface area (Å²) in [6.45, 7) is 0.820. The summed E-state index contributed by atoms with van der Waals surface area (Å²) in [5.41, 5.74) is 0.583. The van der Waals surface area contributed by atoms with Gasteiger partial charge < -0.3 is 14.8 Å². The Morgan fingerprint density at radius 1 is 1.23 bits per heavy atom. The number of benzene rings is 1. The topological polar surface area (TPSA) is 60.5 Å². The maximum Gasteiger partial charge on any atom is 0.254 e. The number of ether oxygens (including phenoxy) is 2. The van der Waals surface area contributed by atoms with E-state index in [1.54, 1.807) is 25.4 Å². The third-order valence-corrected chi connectivity index (χ3v) is 3.64. The van der Waals surface area contributed by atoms with Gasteiger partial charge in [-0.05, 0) is 42.7 Å². The lowest BCUT2D eigenvalue weighted by Gasteiger charge is -2.09. The predicted octanol–water partition coefficient (Wildman–Crippen LogP) is 2.62. The SMILES string of the molecule is COc1ccc(OCCNC(=O)c2cccnc2SC)cc1. The average molecular weight is 318 g/mol. The Kier molecular flexibility index (Phi) is 6.09. The van der Waals surface area contributed by atoms with Gasteiger partial charge in [0.15, 0.2) is 0 Å². The van der Waals surface area contributed by atoms with E-state index in [1.165, 1.54) is 11.8 Å². The van der Waals surface area contributed by atoms with Gasteiger partial charge in [0, 0.05) is 6.20 Å². The van der Waals surface area contributed by atoms with Crippen molar-refractivity contribution < 1.29 is 14.3 Å². The molecule has 1 N–H and O–H groups in total. The van der Waals surface area contributed by atoms with Gasteiger partial charge in [-0.3, -0.25) is 4.79 Å². The van der Waals surface area contributed by atoms with E-state index in [9.17, 15) is 4.79 Å². The number of pyridine rings is 1. The monoisotopic (exact) mass is 318 g/mol. The number of methoxy groups -OCH3 is 1. The number of hydrogen-bond donors (Lipinski definition) is 1. The molecule has 0 bridgehead atoms. The summed E-state index contributed by atoms with van der Waals surface area (Å²) in [5, 5.41) is 3.54. The molecule has 0 aliphatic rings. The van der Waals surface area contributed by atoms with E-state index in [0.717, 1.165) is 16.5 Å². The van der Waals surface area contributed by atoms with Crippen molar-refractivity contribution in [1.82, 2.24) is 10.3 Å². The molecule has 6 heteroatoms. The molecular formula is C16H18N2O3S. The zero-order chi connectivity index (χ0) is 15.8. The van der Waals surface area contributed by atoms with Crippen LogP contribution >= 0.6 is 11.8 Å². The Morgan fingerprint density at radius 2 is 1.95 bits per heavy atom. The maximum atomic E-state index is 12.1. The molecule has 0 spiro atoms. The van der Waals surface area contributed by atoms with Crippen molar-refractivity contribution in [2.45, 2.75) is 5.03 Å². The fourth-order valence-electron chi connectivity index (χ4n) is 1.83. The minimum atomic E-state index is -0.143. The number of rotatable bonds is 7. The summed E-state index contributed by atoms with van der Waals surface area (Å²) in [6, 6.07) is 10.8. The predicted molar refractivity (Wildman–Crippen MR) is 86.8 cm³/mol. The van der Waals surface area contributed by atoms with E-state index in [4.69, 9.17) is 9.47 Å². The van der Waals surface area contributed by atoms with Crippen molar-refractivity contribution in [3.63, 3.8) is 0 Å². The van der Waals surface area contributed by atoms with Gasteiger partial charge >= 0.3 is 0 Å². The minimum absolute atomic E-state index is 0.143. The van der Waals surface area contributed by atoms with Crippen LogP contribution in [0.5, 0.6) is 11.5 Å². The minimum Gasteiger partial charge on any atom is -0.497 e. The average Bonchev–Trinajstić information content (AvgIpc) is 2.59. The number of hydrogen-bond acceptors (Lipinski definition) is 5. The molecule has 1 aromatic heterocycles. The van der Waals surface area contributed by atoms with Crippen LogP contribution in [0.1, 0.15) is 10.4 Å². The Morgan fingerprint density at radius 3 is 2.64 bits per heavy atom. The van der Waals surface area contributed by atoms with Crippen LogP contribution in [0.4, 0.5) is 0 Å². The third kappa shape index (κ3) is 4.39. The fourth-order valence-corrected chi connectivity index (χ4v) is 2.37. The zero-order valence-corrected chi connectivity index (χ0v) is 13.4. The summed E-state index contributed by atoms with van der Waals surface area (Å²) in [6.07, 6.45) is 3.57. The van der Waals surface area contributed by atoms with Crippen LogP contribution in [0, 0.1) is 0 Å². The smallest absolute Gasteiger partial charge is 0.254 e. The van der Waals surface area contributed by atoms with Crippen LogP contribution in [0.3, 0.4) is 0 Å². The summed E-state index contributed by atoms with van der Waals surface area (Å²) < 4.78 is 10.6. The maximum absolute atomic E-state index is 12.1. The van der Waals surface area contributed by atoms with Crippen LogP contribution < -0.4 is 14.8 Å². The van der Waals surface area contributed by atoms with Gasteiger partial charge in [0.05, 0.1) is 19.2 Å². The highest BCUT2D eigenvalue weighted by Crippen LogP contribution is 2.17. The van der Waals surface area contributed by atoms with Crippen molar-refractivity contribution in [2.24, 2.45) is 0 Å². The number of carbonyl (C=O) groups is 1. The van der Waals surface area contributed by atoms with Crippen LogP contribution in [-0.4, -0.2) is 37.4 Å². The number of thioether (sulfide) groups is 1. The Labute approximate surface area is 134 Å². The molecule has 5 nitrogen and oxygen atoms in total. The molecule has 1 aromatic carbocycles. The summed E-state index contributed by atoms with van der Waals surface area (Å²) in [4.78, 5) is 16.3. The van der Waals surface area contributed by atoms with Gasteiger partial charge in [-0.1, -0.05) is 0 Å². The number of nitrogens with one attached hydrogen (secondary N) is 1. The highest BCUT2D eigenvalue weighted by molar-refractivity contribution is 7.98. The molecule has 2 rings (SSSR count). The molecule has 0 saturated carbocycles. The fraction of sp³-hybridized carbons (Fsp3) is 0.250. The van der Waals surface area contributed by atoms with Crippen LogP contribution in [0.25, 0.3) is 0 Å². The molecule has 2 aromatic rings. The van der Waals surface area contributed by atoms with Gasteiger partial charge in [0.1, 0.15) is 23.1 Å². The molecule has 1 amide bonds. The highest BCUT2D eigenvalue weighted by Gasteiger charge is 2.10. The first-order valence-corrected chi connectivity index (χ1v) is 8.01. The second-order valence-electron chi connectivity index (χ2n) is 4.34. The first-order valence-electron chi connectivity index (χ1n) is 6.78. The molecule has 116 valence electrons. The van der Waals surface area contributed by atoms with Crippen LogP contribution in [0.15, 0.2) is 47.6 Å². The van der Waals surface area contributed by atoms with Gasteiger partial charge in [-0.15, -0.1) is 11.8 Å². The molecular weight excluding hydrogens is 300 g/mol. The van der Waals surface area contributed by atoms with Crippen molar-refractivity contribution >= 4 is 17.7 Å². The second-order valence-corrected chi connectivity index (χ2v) is 5.14. The van der Waals surface area contributed by atoms with Crippen molar-refractivity contribution in [1.29, 1.82) is 0 Å². The normalized spacial score (nSPS) is 10.1. The van der Waals surface area contributed by atoms with Crippen molar-refractivity contribution in [3.05, 3.63) is 48.2 Å². The van der Waals surface area contributed by atoms with E-state index >= 15 is 0 Å². The lowest BCUT2D eigenvalue weighted by atomic mass is 10.2. The quantitative estimate of drug-likeness (QED) is 0.628. The largest absolute Gasteiger partial charge is 0.497 e. The second kappa shape index (κ2) is 8.29. The number of nitrogens with zero attached hydrogens (tertiary/aromatic N) is 1. The van der Waals surface area contributed by atoms with Gasteiger partial charge in [-0.25, -0.2) is 4.98 Å². The van der Waals surface area contributed by atoms with E-state index in [0.29, 0.717) is 18.7 Å². The molecule has 0 saturated heterocycles. The zero-order valence-electron chi connectivity index (χ0n) is 12.5. The van der Waals surface area contributed by atoms with Gasteiger partial charge in [0.2, 0.25) is 0 Å². The Balaban J connectivity index is 1.79. The van der Waals surface area contributed by atoms with Crippen molar-refractivity contribution in [2.75, 3.05) is 26.5 Å². The van der Waals surface area contributed by atoms with E-state index in [1.807, 2.05) is 30.5 Å². The van der Waals surface area contributed by atoms with E-state index in [2.05, 4.69) is 10.3 Å². The molecule has 1 heterocycles. The molecule has 0 aliphatic carbocycles. The molecule has 0 radical (unpaired) electrons. The first kappa shape index (κ1) is 16.2.